The highest BCUT2D eigenvalue weighted by molar-refractivity contribution is 6.36. The van der Waals surface area contributed by atoms with Gasteiger partial charge in [0.1, 0.15) is 11.8 Å². The summed E-state index contributed by atoms with van der Waals surface area (Å²) in [6, 6.07) is 14.0. The molecule has 0 aliphatic carbocycles. The van der Waals surface area contributed by atoms with Crippen molar-refractivity contribution < 1.29 is 14.3 Å². The van der Waals surface area contributed by atoms with Crippen molar-refractivity contribution in [2.75, 3.05) is 6.61 Å². The van der Waals surface area contributed by atoms with E-state index >= 15 is 0 Å². The number of nitrogens with one attached hydrogen (secondary N) is 1. The number of nitrogens with zero attached hydrogens (tertiary/aromatic N) is 1. The Hall–Kier alpha value is -2.24. The highest BCUT2D eigenvalue weighted by atomic mass is 35.5. The topological polar surface area (TPSA) is 58.6 Å². The maximum absolute atomic E-state index is 13.1. The van der Waals surface area contributed by atoms with Gasteiger partial charge in [0.15, 0.2) is 0 Å². The molecule has 0 radical (unpaired) electrons. The van der Waals surface area contributed by atoms with Crippen molar-refractivity contribution >= 4 is 35.0 Å². The summed E-state index contributed by atoms with van der Waals surface area (Å²) in [4.78, 5) is 27.4. The minimum absolute atomic E-state index is 0.0232. The van der Waals surface area contributed by atoms with Crippen LogP contribution in [0.25, 0.3) is 0 Å². The van der Waals surface area contributed by atoms with Crippen LogP contribution in [0.2, 0.25) is 10.0 Å². The maximum atomic E-state index is 13.1. The SMILES string of the molecule is CC[C@H](C)NC(=O)[C@@H](C)N(Cc1c(Cl)cccc1Cl)C(=O)CCCOc1ccccc1. The Balaban J connectivity index is 2.08. The molecule has 1 N–H and O–H groups in total. The van der Waals surface area contributed by atoms with E-state index in [1.807, 2.05) is 44.2 Å². The summed E-state index contributed by atoms with van der Waals surface area (Å²) in [7, 11) is 0. The summed E-state index contributed by atoms with van der Waals surface area (Å²) in [6.07, 6.45) is 1.58. The van der Waals surface area contributed by atoms with Crippen LogP contribution in [0.15, 0.2) is 48.5 Å². The molecule has 31 heavy (non-hydrogen) atoms. The summed E-state index contributed by atoms with van der Waals surface area (Å²) < 4.78 is 5.68. The zero-order chi connectivity index (χ0) is 22.8. The molecule has 0 aliphatic rings. The average Bonchev–Trinajstić information content (AvgIpc) is 2.76. The Bertz CT molecular complexity index is 841. The number of benzene rings is 2. The molecule has 0 bridgehead atoms. The van der Waals surface area contributed by atoms with Crippen LogP contribution in [0.3, 0.4) is 0 Å². The molecule has 0 spiro atoms. The number of para-hydroxylation sites is 1. The first-order valence-electron chi connectivity index (χ1n) is 10.5. The number of hydrogen-bond acceptors (Lipinski definition) is 3. The minimum Gasteiger partial charge on any atom is -0.494 e. The van der Waals surface area contributed by atoms with Gasteiger partial charge in [-0.15, -0.1) is 0 Å². The summed E-state index contributed by atoms with van der Waals surface area (Å²) in [6.45, 7) is 6.22. The highest BCUT2D eigenvalue weighted by Crippen LogP contribution is 2.27. The smallest absolute Gasteiger partial charge is 0.242 e. The van der Waals surface area contributed by atoms with Crippen LogP contribution in [0, 0.1) is 0 Å². The second kappa shape index (κ2) is 12.6. The van der Waals surface area contributed by atoms with Crippen molar-refractivity contribution in [3.8, 4) is 5.75 Å². The van der Waals surface area contributed by atoms with E-state index in [2.05, 4.69) is 5.32 Å². The molecule has 2 amide bonds. The molecule has 2 atom stereocenters. The third kappa shape index (κ3) is 7.75. The van der Waals surface area contributed by atoms with Gasteiger partial charge in [0.2, 0.25) is 11.8 Å². The van der Waals surface area contributed by atoms with Gasteiger partial charge in [-0.05, 0) is 51.0 Å². The lowest BCUT2D eigenvalue weighted by Crippen LogP contribution is -2.49. The number of carbonyl (C=O) groups is 2. The molecular weight excluding hydrogens is 435 g/mol. The Labute approximate surface area is 194 Å². The van der Waals surface area contributed by atoms with Crippen molar-refractivity contribution in [1.29, 1.82) is 0 Å². The molecule has 2 rings (SSSR count). The molecule has 2 aromatic rings. The predicted octanol–water partition coefficient (Wildman–Crippen LogP) is 5.48. The molecular formula is C24H30Cl2N2O3. The van der Waals surface area contributed by atoms with E-state index in [-0.39, 0.29) is 30.8 Å². The van der Waals surface area contributed by atoms with Crippen LogP contribution in [0.5, 0.6) is 5.75 Å². The van der Waals surface area contributed by atoms with E-state index < -0.39 is 6.04 Å². The van der Waals surface area contributed by atoms with Gasteiger partial charge in [0.05, 0.1) is 6.61 Å². The fourth-order valence-corrected chi connectivity index (χ4v) is 3.49. The molecule has 0 aliphatic heterocycles. The van der Waals surface area contributed by atoms with Crippen molar-refractivity contribution in [1.82, 2.24) is 10.2 Å². The fraction of sp³-hybridized carbons (Fsp3) is 0.417. The largest absolute Gasteiger partial charge is 0.494 e. The van der Waals surface area contributed by atoms with Crippen molar-refractivity contribution in [3.63, 3.8) is 0 Å². The predicted molar refractivity (Wildman–Crippen MR) is 126 cm³/mol. The van der Waals surface area contributed by atoms with Gasteiger partial charge in [0, 0.05) is 34.6 Å². The molecule has 7 heteroatoms. The summed E-state index contributed by atoms with van der Waals surface area (Å²) >= 11 is 12.6. The number of halogens is 2. The van der Waals surface area contributed by atoms with Crippen molar-refractivity contribution in [3.05, 3.63) is 64.1 Å². The monoisotopic (exact) mass is 464 g/mol. The third-order valence-electron chi connectivity index (χ3n) is 5.11. The molecule has 0 fully saturated rings. The third-order valence-corrected chi connectivity index (χ3v) is 5.81. The number of carbonyl (C=O) groups excluding carboxylic acids is 2. The fourth-order valence-electron chi connectivity index (χ4n) is 2.98. The van der Waals surface area contributed by atoms with Gasteiger partial charge in [-0.3, -0.25) is 9.59 Å². The highest BCUT2D eigenvalue weighted by Gasteiger charge is 2.27. The lowest BCUT2D eigenvalue weighted by molar-refractivity contribution is -0.141. The maximum Gasteiger partial charge on any atom is 0.242 e. The van der Waals surface area contributed by atoms with Gasteiger partial charge in [-0.1, -0.05) is 54.4 Å². The van der Waals surface area contributed by atoms with E-state index in [1.165, 1.54) is 4.90 Å². The first-order chi connectivity index (χ1) is 14.8. The van der Waals surface area contributed by atoms with Gasteiger partial charge in [-0.2, -0.15) is 0 Å². The average molecular weight is 465 g/mol. The summed E-state index contributed by atoms with van der Waals surface area (Å²) in [5, 5.41) is 3.88. The van der Waals surface area contributed by atoms with Gasteiger partial charge in [-0.25, -0.2) is 0 Å². The Kier molecular flexibility index (Phi) is 10.2. The van der Waals surface area contributed by atoms with Crippen LogP contribution in [0.4, 0.5) is 0 Å². The number of hydrogen-bond donors (Lipinski definition) is 1. The molecule has 0 saturated carbocycles. The normalized spacial score (nSPS) is 12.7. The summed E-state index contributed by atoms with van der Waals surface area (Å²) in [5.74, 6) is 0.404. The van der Waals surface area contributed by atoms with Crippen LogP contribution < -0.4 is 10.1 Å². The van der Waals surface area contributed by atoms with E-state index in [1.54, 1.807) is 25.1 Å². The lowest BCUT2D eigenvalue weighted by Gasteiger charge is -2.30. The molecule has 0 heterocycles. The molecule has 0 saturated heterocycles. The quantitative estimate of drug-likeness (QED) is 0.447. The van der Waals surface area contributed by atoms with Crippen LogP contribution >= 0.6 is 23.2 Å². The molecule has 0 unspecified atom stereocenters. The van der Waals surface area contributed by atoms with Gasteiger partial charge in [0.25, 0.3) is 0 Å². The van der Waals surface area contributed by atoms with Crippen LogP contribution in [0.1, 0.15) is 45.6 Å². The molecule has 0 aromatic heterocycles. The van der Waals surface area contributed by atoms with E-state index in [9.17, 15) is 9.59 Å². The minimum atomic E-state index is -0.663. The number of ether oxygens (including phenoxy) is 1. The molecule has 5 nitrogen and oxygen atoms in total. The first kappa shape index (κ1) is 25.0. The summed E-state index contributed by atoms with van der Waals surface area (Å²) in [5.41, 5.74) is 0.628. The van der Waals surface area contributed by atoms with E-state index in [0.717, 1.165) is 12.2 Å². The molecule has 168 valence electrons. The van der Waals surface area contributed by atoms with Gasteiger partial charge >= 0.3 is 0 Å². The van der Waals surface area contributed by atoms with E-state index in [4.69, 9.17) is 27.9 Å². The second-order valence-electron chi connectivity index (χ2n) is 7.48. The van der Waals surface area contributed by atoms with Crippen molar-refractivity contribution in [2.24, 2.45) is 0 Å². The lowest BCUT2D eigenvalue weighted by atomic mass is 10.1. The zero-order valence-corrected chi connectivity index (χ0v) is 19.7. The second-order valence-corrected chi connectivity index (χ2v) is 8.30. The zero-order valence-electron chi connectivity index (χ0n) is 18.2. The number of amides is 2. The number of rotatable bonds is 11. The van der Waals surface area contributed by atoms with Crippen LogP contribution in [-0.4, -0.2) is 35.4 Å². The van der Waals surface area contributed by atoms with Gasteiger partial charge < -0.3 is 15.0 Å². The first-order valence-corrected chi connectivity index (χ1v) is 11.3. The van der Waals surface area contributed by atoms with E-state index in [0.29, 0.717) is 28.6 Å². The van der Waals surface area contributed by atoms with Crippen LogP contribution in [-0.2, 0) is 16.1 Å². The Morgan fingerprint density at radius 2 is 1.68 bits per heavy atom. The molecule has 2 aromatic carbocycles. The standard InChI is InChI=1S/C24H30Cl2N2O3/c1-4-17(2)27-24(30)18(3)28(16-20-21(25)12-8-13-22(20)26)23(29)14-9-15-31-19-10-6-5-7-11-19/h5-8,10-13,17-18H,4,9,14-16H2,1-3H3,(H,27,30)/t17-,18+/m0/s1. The Morgan fingerprint density at radius 1 is 1.03 bits per heavy atom. The Morgan fingerprint density at radius 3 is 2.29 bits per heavy atom. The van der Waals surface area contributed by atoms with Crippen molar-refractivity contribution in [2.45, 2.75) is 58.7 Å².